The Bertz CT molecular complexity index is 1230. The molecule has 7 nitrogen and oxygen atoms in total. The van der Waals surface area contributed by atoms with Crippen molar-refractivity contribution in [3.63, 3.8) is 0 Å². The molecule has 2 aromatic rings. The van der Waals surface area contributed by atoms with Crippen LogP contribution in [0, 0.1) is 12.3 Å². The van der Waals surface area contributed by atoms with Crippen LogP contribution in [-0.2, 0) is 21.2 Å². The minimum Gasteiger partial charge on any atom is -0.481 e. The van der Waals surface area contributed by atoms with Gasteiger partial charge in [0.05, 0.1) is 5.41 Å². The average molecular weight is 499 g/mol. The maximum atomic E-state index is 13.7. The lowest BCUT2D eigenvalue weighted by atomic mass is 9.86. The molecule has 2 unspecified atom stereocenters. The molecule has 1 fully saturated rings. The Hall–Kier alpha value is -2.63. The number of alkyl halides is 3. The summed E-state index contributed by atoms with van der Waals surface area (Å²) in [5, 5.41) is 11.9. The molecule has 1 saturated heterocycles. The van der Waals surface area contributed by atoms with Gasteiger partial charge in [0.2, 0.25) is 10.0 Å². The predicted octanol–water partition coefficient (Wildman–Crippen LogP) is 3.48. The molecule has 2 aromatic carbocycles. The molecule has 34 heavy (non-hydrogen) atoms. The summed E-state index contributed by atoms with van der Waals surface area (Å²) in [6.07, 6.45) is -4.94. The maximum Gasteiger partial charge on any atom is 0.573 e. The first-order valence-corrected chi connectivity index (χ1v) is 12.3. The van der Waals surface area contributed by atoms with Crippen molar-refractivity contribution in [1.82, 2.24) is 9.62 Å². The molecule has 1 heterocycles. The van der Waals surface area contributed by atoms with Gasteiger partial charge in [-0.1, -0.05) is 29.8 Å². The normalized spacial score (nSPS) is 23.5. The lowest BCUT2D eigenvalue weighted by molar-refractivity contribution is -0.274. The first-order valence-electron chi connectivity index (χ1n) is 10.8. The van der Waals surface area contributed by atoms with E-state index in [9.17, 15) is 31.5 Å². The third-order valence-corrected chi connectivity index (χ3v) is 8.89. The molecule has 0 radical (unpaired) electrons. The van der Waals surface area contributed by atoms with E-state index in [1.165, 1.54) is 29.4 Å². The van der Waals surface area contributed by atoms with Gasteiger partial charge >= 0.3 is 12.3 Å². The van der Waals surface area contributed by atoms with E-state index in [1.54, 1.807) is 25.1 Å². The predicted molar refractivity (Wildman–Crippen MR) is 119 cm³/mol. The summed E-state index contributed by atoms with van der Waals surface area (Å²) >= 11 is 0. The SMILES string of the molecule is Cc1cc(-c2cccc(OC(F)(F)F)c2)c2c(c1)C(S(=O)(=O)N1CCNCC1)C(C)(C(=O)O)C2. The van der Waals surface area contributed by atoms with E-state index in [4.69, 9.17) is 0 Å². The Morgan fingerprint density at radius 1 is 1.21 bits per heavy atom. The Labute approximate surface area is 195 Å². The van der Waals surface area contributed by atoms with Crippen LogP contribution in [0.2, 0.25) is 0 Å². The van der Waals surface area contributed by atoms with Crippen LogP contribution in [0.15, 0.2) is 36.4 Å². The molecule has 0 saturated carbocycles. The Morgan fingerprint density at radius 3 is 2.50 bits per heavy atom. The van der Waals surface area contributed by atoms with Crippen molar-refractivity contribution in [1.29, 1.82) is 0 Å². The fourth-order valence-corrected chi connectivity index (χ4v) is 7.28. The molecule has 0 aromatic heterocycles. The highest BCUT2D eigenvalue weighted by Gasteiger charge is 2.56. The third-order valence-electron chi connectivity index (χ3n) is 6.43. The number of rotatable bonds is 5. The van der Waals surface area contributed by atoms with E-state index in [2.05, 4.69) is 10.1 Å². The number of carbonyl (C=O) groups is 1. The molecule has 2 N–H and O–H groups in total. The van der Waals surface area contributed by atoms with Gasteiger partial charge in [-0.3, -0.25) is 4.79 Å². The number of piperazine rings is 1. The lowest BCUT2D eigenvalue weighted by Crippen LogP contribution is -2.50. The standard InChI is InChI=1S/C23H25F3N2O5S/c1-14-10-17(15-4-3-5-16(12-15)33-23(24,25)26)19-13-22(2,21(29)30)20(18(19)11-14)34(31,32)28-8-6-27-7-9-28/h3-5,10-12,20,27H,6-9,13H2,1-2H3,(H,29,30). The minimum atomic E-state index is -4.86. The number of halogens is 3. The number of hydrogen-bond acceptors (Lipinski definition) is 5. The molecule has 2 aliphatic rings. The average Bonchev–Trinajstić information content (AvgIpc) is 3.06. The van der Waals surface area contributed by atoms with E-state index in [0.717, 1.165) is 0 Å². The summed E-state index contributed by atoms with van der Waals surface area (Å²) in [4.78, 5) is 12.4. The molecule has 0 spiro atoms. The molecule has 11 heteroatoms. The lowest BCUT2D eigenvalue weighted by Gasteiger charge is -2.34. The highest BCUT2D eigenvalue weighted by Crippen LogP contribution is 2.54. The van der Waals surface area contributed by atoms with Crippen molar-refractivity contribution in [2.75, 3.05) is 26.2 Å². The largest absolute Gasteiger partial charge is 0.573 e. The zero-order valence-electron chi connectivity index (χ0n) is 18.6. The summed E-state index contributed by atoms with van der Waals surface area (Å²) in [6.45, 7) is 4.56. The zero-order valence-corrected chi connectivity index (χ0v) is 19.5. The van der Waals surface area contributed by atoms with E-state index in [-0.39, 0.29) is 19.5 Å². The third kappa shape index (κ3) is 4.39. The smallest absolute Gasteiger partial charge is 0.481 e. The van der Waals surface area contributed by atoms with Gasteiger partial charge in [0.25, 0.3) is 0 Å². The van der Waals surface area contributed by atoms with Crippen molar-refractivity contribution in [3.8, 4) is 16.9 Å². The highest BCUT2D eigenvalue weighted by molar-refractivity contribution is 7.89. The van der Waals surface area contributed by atoms with Crippen LogP contribution in [0.5, 0.6) is 5.75 Å². The van der Waals surface area contributed by atoms with E-state index in [1.807, 2.05) is 0 Å². The molecule has 2 atom stereocenters. The topological polar surface area (TPSA) is 95.9 Å². The van der Waals surface area contributed by atoms with Gasteiger partial charge < -0.3 is 15.2 Å². The number of aliphatic carboxylic acids is 1. The number of carboxylic acid groups (broad SMARTS) is 1. The van der Waals surface area contributed by atoms with E-state index in [0.29, 0.717) is 40.9 Å². The van der Waals surface area contributed by atoms with Gasteiger partial charge in [0.15, 0.2) is 0 Å². The second-order valence-corrected chi connectivity index (χ2v) is 10.9. The molecule has 0 bridgehead atoms. The van der Waals surface area contributed by atoms with Gasteiger partial charge in [-0.05, 0) is 54.7 Å². The van der Waals surface area contributed by atoms with Crippen molar-refractivity contribution >= 4 is 16.0 Å². The van der Waals surface area contributed by atoms with Crippen LogP contribution in [0.4, 0.5) is 13.2 Å². The summed E-state index contributed by atoms with van der Waals surface area (Å²) in [5.41, 5.74) is 0.784. The Kier molecular flexibility index (Phi) is 6.16. The fraction of sp³-hybridized carbons (Fsp3) is 0.435. The number of hydrogen-bond donors (Lipinski definition) is 2. The van der Waals surface area contributed by atoms with Crippen molar-refractivity contribution < 1.29 is 36.2 Å². The number of aryl methyl sites for hydroxylation is 1. The van der Waals surface area contributed by atoms with Crippen LogP contribution in [0.25, 0.3) is 11.1 Å². The summed E-state index contributed by atoms with van der Waals surface area (Å²) in [5.74, 6) is -1.66. The van der Waals surface area contributed by atoms with Crippen LogP contribution >= 0.6 is 0 Å². The monoisotopic (exact) mass is 498 g/mol. The van der Waals surface area contributed by atoms with Gasteiger partial charge in [-0.15, -0.1) is 13.2 Å². The summed E-state index contributed by atoms with van der Waals surface area (Å²) in [7, 11) is -4.04. The van der Waals surface area contributed by atoms with Gasteiger partial charge in [-0.2, -0.15) is 4.31 Å². The molecule has 4 rings (SSSR count). The highest BCUT2D eigenvalue weighted by atomic mass is 32.2. The molecular weight excluding hydrogens is 473 g/mol. The fourth-order valence-electron chi connectivity index (χ4n) is 4.92. The van der Waals surface area contributed by atoms with Crippen molar-refractivity contribution in [2.24, 2.45) is 5.41 Å². The van der Waals surface area contributed by atoms with E-state index < -0.39 is 38.8 Å². The number of sulfonamides is 1. The minimum absolute atomic E-state index is 0.0758. The zero-order chi connectivity index (χ0) is 24.9. The first kappa shape index (κ1) is 24.5. The molecule has 0 amide bonds. The Balaban J connectivity index is 1.88. The summed E-state index contributed by atoms with van der Waals surface area (Å²) in [6, 6.07) is 8.80. The van der Waals surface area contributed by atoms with Gasteiger partial charge in [0.1, 0.15) is 11.0 Å². The number of ether oxygens (including phenoxy) is 1. The number of carboxylic acids is 1. The molecule has 1 aliphatic heterocycles. The second kappa shape index (κ2) is 8.54. The quantitative estimate of drug-likeness (QED) is 0.656. The molecule has 1 aliphatic carbocycles. The maximum absolute atomic E-state index is 13.7. The first-order chi connectivity index (χ1) is 15.8. The van der Waals surface area contributed by atoms with Gasteiger partial charge in [-0.25, -0.2) is 8.42 Å². The molecular formula is C23H25F3N2O5S. The molecule has 184 valence electrons. The summed E-state index contributed by atoms with van der Waals surface area (Å²) < 4.78 is 71.1. The number of benzene rings is 2. The van der Waals surface area contributed by atoms with Crippen LogP contribution in [0.3, 0.4) is 0 Å². The Morgan fingerprint density at radius 2 is 1.88 bits per heavy atom. The van der Waals surface area contributed by atoms with Crippen molar-refractivity contribution in [3.05, 3.63) is 53.1 Å². The van der Waals surface area contributed by atoms with Crippen LogP contribution < -0.4 is 10.1 Å². The number of nitrogens with zero attached hydrogens (tertiary/aromatic N) is 1. The van der Waals surface area contributed by atoms with Gasteiger partial charge in [0, 0.05) is 26.2 Å². The van der Waals surface area contributed by atoms with Crippen LogP contribution in [-0.4, -0.2) is 56.3 Å². The van der Waals surface area contributed by atoms with Crippen molar-refractivity contribution in [2.45, 2.75) is 31.9 Å². The second-order valence-electron chi connectivity index (χ2n) is 8.93. The number of fused-ring (bicyclic) bond motifs is 1. The number of nitrogens with one attached hydrogen (secondary N) is 1. The van der Waals surface area contributed by atoms with E-state index >= 15 is 0 Å². The van der Waals surface area contributed by atoms with Crippen LogP contribution in [0.1, 0.15) is 28.9 Å².